The lowest BCUT2D eigenvalue weighted by atomic mass is 9.76. The lowest BCUT2D eigenvalue weighted by molar-refractivity contribution is -0.274. The van der Waals surface area contributed by atoms with Gasteiger partial charge in [0.25, 0.3) is 0 Å². The Labute approximate surface area is 170 Å². The molecule has 0 saturated heterocycles. The Kier molecular flexibility index (Phi) is 5.71. The number of thiol groups is 1. The molecule has 3 rings (SSSR count). The molecule has 1 aliphatic carbocycles. The van der Waals surface area contributed by atoms with Crippen LogP contribution < -0.4 is 9.46 Å². The van der Waals surface area contributed by atoms with Gasteiger partial charge in [-0.1, -0.05) is 26.7 Å². The maximum Gasteiger partial charge on any atom is 0.573 e. The highest BCUT2D eigenvalue weighted by Gasteiger charge is 2.34. The Bertz CT molecular complexity index is 907. The van der Waals surface area contributed by atoms with Crippen molar-refractivity contribution in [2.24, 2.45) is 5.41 Å². The van der Waals surface area contributed by atoms with Crippen molar-refractivity contribution in [1.29, 1.82) is 0 Å². The van der Waals surface area contributed by atoms with Crippen LogP contribution in [0.5, 0.6) is 5.75 Å². The number of aromatic carboxylic acids is 1. The molecule has 4 nitrogen and oxygen atoms in total. The summed E-state index contributed by atoms with van der Waals surface area (Å²) < 4.78 is 44.3. The van der Waals surface area contributed by atoms with Gasteiger partial charge in [-0.15, -0.1) is 24.5 Å². The highest BCUT2D eigenvalue weighted by atomic mass is 32.1. The quantitative estimate of drug-likeness (QED) is 0.550. The van der Waals surface area contributed by atoms with Crippen LogP contribution >= 0.6 is 24.2 Å². The van der Waals surface area contributed by atoms with E-state index in [4.69, 9.17) is 0 Å². The maximum absolute atomic E-state index is 12.6. The van der Waals surface area contributed by atoms with Crippen molar-refractivity contribution < 1.29 is 27.8 Å². The van der Waals surface area contributed by atoms with Crippen molar-refractivity contribution in [3.8, 4) is 16.2 Å². The van der Waals surface area contributed by atoms with E-state index in [9.17, 15) is 23.1 Å². The normalized spacial score (nSPS) is 15.9. The van der Waals surface area contributed by atoms with E-state index < -0.39 is 12.3 Å². The van der Waals surface area contributed by atoms with Crippen LogP contribution in [0.25, 0.3) is 10.4 Å². The number of carbonyl (C=O) groups is 1. The van der Waals surface area contributed by atoms with Crippen LogP contribution in [0.3, 0.4) is 0 Å². The molecule has 0 saturated carbocycles. The number of aryl methyl sites for hydroxylation is 1. The number of carboxylic acid groups (broad SMARTS) is 1. The monoisotopic (exact) mass is 431 g/mol. The molecule has 2 aromatic rings. The zero-order valence-electron chi connectivity index (χ0n) is 15.3. The number of benzene rings is 1. The number of thiophene rings is 1. The van der Waals surface area contributed by atoms with Gasteiger partial charge in [0.2, 0.25) is 0 Å². The number of hydrogen-bond acceptors (Lipinski definition) is 5. The van der Waals surface area contributed by atoms with Gasteiger partial charge in [0.15, 0.2) is 0 Å². The summed E-state index contributed by atoms with van der Waals surface area (Å²) in [5.41, 5.74) is 2.15. The number of halogens is 3. The Morgan fingerprint density at radius 1 is 1.39 bits per heavy atom. The Morgan fingerprint density at radius 3 is 2.71 bits per heavy atom. The Morgan fingerprint density at radius 2 is 2.11 bits per heavy atom. The van der Waals surface area contributed by atoms with E-state index in [-0.39, 0.29) is 23.3 Å². The van der Waals surface area contributed by atoms with Crippen LogP contribution in [0, 0.1) is 5.41 Å². The first-order valence-electron chi connectivity index (χ1n) is 8.64. The molecule has 0 spiro atoms. The first-order chi connectivity index (χ1) is 13.0. The minimum absolute atomic E-state index is 0.00936. The summed E-state index contributed by atoms with van der Waals surface area (Å²) in [5.74, 6) is -1.38. The van der Waals surface area contributed by atoms with Gasteiger partial charge >= 0.3 is 12.3 Å². The van der Waals surface area contributed by atoms with Crippen LogP contribution in [-0.2, 0) is 19.4 Å². The largest absolute Gasteiger partial charge is 0.573 e. The van der Waals surface area contributed by atoms with Crippen molar-refractivity contribution >= 4 is 30.1 Å². The summed E-state index contributed by atoms with van der Waals surface area (Å²) in [4.78, 5) is 13.7. The molecule has 9 heteroatoms. The third-order valence-corrected chi connectivity index (χ3v) is 6.30. The fourth-order valence-electron chi connectivity index (χ4n) is 3.56. The van der Waals surface area contributed by atoms with E-state index in [0.717, 1.165) is 23.3 Å². The third-order valence-electron chi connectivity index (χ3n) is 4.81. The summed E-state index contributed by atoms with van der Waals surface area (Å²) >= 11 is 5.35. The number of nitrogens with one attached hydrogen (secondary N) is 1. The van der Waals surface area contributed by atoms with Crippen LogP contribution in [0.1, 0.15) is 46.6 Å². The first-order valence-corrected chi connectivity index (χ1v) is 9.91. The smallest absolute Gasteiger partial charge is 0.478 e. The molecule has 0 unspecified atom stereocenters. The predicted octanol–water partition coefficient (Wildman–Crippen LogP) is 5.46. The molecule has 0 radical (unpaired) electrons. The molecule has 0 bridgehead atoms. The number of fused-ring (bicyclic) bond motifs is 1. The van der Waals surface area contributed by atoms with Crippen LogP contribution in [-0.4, -0.2) is 17.4 Å². The second-order valence-corrected chi connectivity index (χ2v) is 8.98. The average molecular weight is 432 g/mol. The van der Waals surface area contributed by atoms with E-state index in [1.54, 1.807) is 0 Å². The molecule has 0 aliphatic heterocycles. The molecule has 152 valence electrons. The van der Waals surface area contributed by atoms with Gasteiger partial charge in [0.05, 0.1) is 5.56 Å². The van der Waals surface area contributed by atoms with Crippen molar-refractivity contribution in [1.82, 2.24) is 4.72 Å². The molecule has 0 fully saturated rings. The maximum atomic E-state index is 12.6. The standard InChI is InChI=1S/C19H20F3NO3S2/c1-18(2)6-5-14-13(8-18)15(17(24)25)16(28-14)12-4-3-11(26-19(20,21)22)7-10(12)9-23-27/h3-4,7,23,27H,5-6,8-9H2,1-2H3,(H,24,25). The van der Waals surface area contributed by atoms with Gasteiger partial charge in [-0.25, -0.2) is 4.79 Å². The molecule has 0 amide bonds. The van der Waals surface area contributed by atoms with Gasteiger partial charge in [0, 0.05) is 16.3 Å². The molecule has 1 aliphatic rings. The molecule has 2 N–H and O–H groups in total. The molecule has 1 aromatic heterocycles. The average Bonchev–Trinajstić information content (AvgIpc) is 2.91. The minimum Gasteiger partial charge on any atom is -0.478 e. The molecule has 1 heterocycles. The molecular weight excluding hydrogens is 411 g/mol. The Hall–Kier alpha value is -1.71. The minimum atomic E-state index is -4.80. The molecule has 28 heavy (non-hydrogen) atoms. The van der Waals surface area contributed by atoms with Crippen molar-refractivity contribution in [2.75, 3.05) is 0 Å². The van der Waals surface area contributed by atoms with Crippen LogP contribution in [0.4, 0.5) is 13.2 Å². The summed E-state index contributed by atoms with van der Waals surface area (Å²) in [6, 6.07) is 3.95. The zero-order chi connectivity index (χ0) is 20.7. The fraction of sp³-hybridized carbons (Fsp3) is 0.421. The van der Waals surface area contributed by atoms with Gasteiger partial charge in [-0.3, -0.25) is 4.72 Å². The van der Waals surface area contributed by atoms with Crippen molar-refractivity contribution in [3.05, 3.63) is 39.8 Å². The topological polar surface area (TPSA) is 58.6 Å². The number of hydrogen-bond donors (Lipinski definition) is 3. The third kappa shape index (κ3) is 4.47. The van der Waals surface area contributed by atoms with E-state index in [1.807, 2.05) is 0 Å². The summed E-state index contributed by atoms with van der Waals surface area (Å²) in [6.45, 7) is 4.37. The van der Waals surface area contributed by atoms with Crippen molar-refractivity contribution in [3.63, 3.8) is 0 Å². The second kappa shape index (κ2) is 7.61. The lowest BCUT2D eigenvalue weighted by Gasteiger charge is -2.29. The van der Waals surface area contributed by atoms with E-state index in [1.165, 1.54) is 29.5 Å². The SMILES string of the molecule is CC1(C)CCc2sc(-c3ccc(OC(F)(F)F)cc3CNS)c(C(=O)O)c2C1. The van der Waals surface area contributed by atoms with Crippen LogP contribution in [0.15, 0.2) is 18.2 Å². The summed E-state index contributed by atoms with van der Waals surface area (Å²) in [5, 5.41) is 9.87. The summed E-state index contributed by atoms with van der Waals surface area (Å²) in [6.07, 6.45) is -2.38. The number of alkyl halides is 3. The zero-order valence-corrected chi connectivity index (χ0v) is 17.0. The number of carboxylic acids is 1. The van der Waals surface area contributed by atoms with E-state index >= 15 is 0 Å². The van der Waals surface area contributed by atoms with Gasteiger partial charge in [0.1, 0.15) is 5.75 Å². The van der Waals surface area contributed by atoms with Gasteiger partial charge < -0.3 is 9.84 Å². The second-order valence-electron chi connectivity index (χ2n) is 7.56. The number of rotatable bonds is 5. The van der Waals surface area contributed by atoms with Crippen molar-refractivity contribution in [2.45, 2.75) is 46.0 Å². The lowest BCUT2D eigenvalue weighted by Crippen LogP contribution is -2.22. The van der Waals surface area contributed by atoms with Gasteiger partial charge in [-0.2, -0.15) is 0 Å². The van der Waals surface area contributed by atoms with E-state index in [2.05, 4.69) is 36.1 Å². The Balaban J connectivity index is 2.13. The molecular formula is C19H20F3NO3S2. The highest BCUT2D eigenvalue weighted by Crippen LogP contribution is 2.46. The number of ether oxygens (including phenoxy) is 1. The van der Waals surface area contributed by atoms with E-state index in [0.29, 0.717) is 22.4 Å². The summed E-state index contributed by atoms with van der Waals surface area (Å²) in [7, 11) is 0. The van der Waals surface area contributed by atoms with Crippen LogP contribution in [0.2, 0.25) is 0 Å². The molecule has 0 atom stereocenters. The first kappa shape index (κ1) is 21.0. The predicted molar refractivity (Wildman–Crippen MR) is 105 cm³/mol. The highest BCUT2D eigenvalue weighted by molar-refractivity contribution is 7.78. The molecule has 1 aromatic carbocycles. The fourth-order valence-corrected chi connectivity index (χ4v) is 5.10. The van der Waals surface area contributed by atoms with Gasteiger partial charge in [-0.05, 0) is 59.6 Å².